The Kier molecular flexibility index (Phi) is 7.55. The van der Waals surface area contributed by atoms with E-state index in [4.69, 9.17) is 9.15 Å². The maximum Gasteiger partial charge on any atom is 0.251 e. The minimum Gasteiger partial charge on any atom is -0.457 e. The first-order valence-corrected chi connectivity index (χ1v) is 15.2. The number of likely N-dealkylation sites (tertiary alicyclic amines) is 2. The number of nitrogens with zero attached hydrogens (tertiary/aromatic N) is 4. The number of nitrogens with one attached hydrogen (secondary N) is 1. The maximum atomic E-state index is 12.7. The lowest BCUT2D eigenvalue weighted by molar-refractivity contribution is -0.130. The third kappa shape index (κ3) is 6.06. The number of aromatic nitrogens is 2. The highest BCUT2D eigenvalue weighted by molar-refractivity contribution is 5.94. The van der Waals surface area contributed by atoms with Crippen molar-refractivity contribution in [3.63, 3.8) is 0 Å². The summed E-state index contributed by atoms with van der Waals surface area (Å²) in [5.41, 5.74) is 3.12. The third-order valence-electron chi connectivity index (χ3n) is 8.35. The van der Waals surface area contributed by atoms with Crippen molar-refractivity contribution >= 4 is 17.7 Å². The van der Waals surface area contributed by atoms with Gasteiger partial charge in [0.15, 0.2) is 0 Å². The molecule has 0 radical (unpaired) electrons. The topological polar surface area (TPSA) is 118 Å². The average Bonchev–Trinajstić information content (AvgIpc) is 3.37. The monoisotopic (exact) mass is 591 g/mol. The quantitative estimate of drug-likeness (QED) is 0.262. The lowest BCUT2D eigenvalue weighted by atomic mass is 10.1. The minimum absolute atomic E-state index is 0.0612. The number of hydrogen-bond acceptors (Lipinski definition) is 7. The Morgan fingerprint density at radius 1 is 0.909 bits per heavy atom. The molecule has 224 valence electrons. The first-order valence-electron chi connectivity index (χ1n) is 15.2. The molecule has 0 spiro atoms. The molecule has 3 aliphatic rings. The Balaban J connectivity index is 1.13. The summed E-state index contributed by atoms with van der Waals surface area (Å²) in [5.74, 6) is 1.93. The van der Waals surface area contributed by atoms with Gasteiger partial charge in [-0.2, -0.15) is 0 Å². The molecule has 1 saturated carbocycles. The van der Waals surface area contributed by atoms with Gasteiger partial charge in [0.2, 0.25) is 23.6 Å². The summed E-state index contributed by atoms with van der Waals surface area (Å²) in [5, 5.41) is 11.7. The predicted molar refractivity (Wildman–Crippen MR) is 160 cm³/mol. The number of carbonyl (C=O) groups excluding carboxylic acids is 3. The van der Waals surface area contributed by atoms with Crippen molar-refractivity contribution in [1.29, 1.82) is 0 Å². The van der Waals surface area contributed by atoms with Gasteiger partial charge in [0.05, 0.1) is 0 Å². The van der Waals surface area contributed by atoms with Gasteiger partial charge >= 0.3 is 0 Å². The highest BCUT2D eigenvalue weighted by Gasteiger charge is 2.36. The van der Waals surface area contributed by atoms with Crippen molar-refractivity contribution in [3.05, 3.63) is 95.4 Å². The van der Waals surface area contributed by atoms with Crippen LogP contribution in [0.5, 0.6) is 11.5 Å². The Morgan fingerprint density at radius 2 is 1.73 bits per heavy atom. The zero-order valence-electron chi connectivity index (χ0n) is 24.3. The molecule has 10 nitrogen and oxygen atoms in total. The number of benzene rings is 3. The van der Waals surface area contributed by atoms with Crippen LogP contribution in [-0.2, 0) is 22.7 Å². The van der Waals surface area contributed by atoms with Gasteiger partial charge in [-0.3, -0.25) is 14.4 Å². The van der Waals surface area contributed by atoms with E-state index in [9.17, 15) is 14.4 Å². The summed E-state index contributed by atoms with van der Waals surface area (Å²) in [6, 6.07) is 22.5. The van der Waals surface area contributed by atoms with Crippen LogP contribution in [-0.4, -0.2) is 50.3 Å². The molecule has 4 aromatic rings. The van der Waals surface area contributed by atoms with E-state index in [0.717, 1.165) is 30.4 Å². The van der Waals surface area contributed by atoms with Crippen LogP contribution in [0.3, 0.4) is 0 Å². The molecule has 2 saturated heterocycles. The van der Waals surface area contributed by atoms with Gasteiger partial charge in [-0.15, -0.1) is 10.2 Å². The molecule has 2 aliphatic heterocycles. The van der Waals surface area contributed by atoms with Crippen LogP contribution >= 0.6 is 0 Å². The molecule has 1 atom stereocenters. The van der Waals surface area contributed by atoms with Crippen LogP contribution < -0.4 is 10.1 Å². The molecule has 10 heteroatoms. The Bertz CT molecular complexity index is 1680. The van der Waals surface area contributed by atoms with Gasteiger partial charge in [0.25, 0.3) is 5.91 Å². The SMILES string of the molecule is O=C(NC1CC1)c1ccc(Oc2cc(-c3nnc(C4CCC(=O)N4Cc4ccccc4)o3)ccc2CN2CCCC2=O)cc1. The van der Waals surface area contributed by atoms with Gasteiger partial charge in [-0.05, 0) is 67.6 Å². The fraction of sp³-hybridized carbons (Fsp3) is 0.324. The molecular weight excluding hydrogens is 558 g/mol. The van der Waals surface area contributed by atoms with Gasteiger partial charge in [-0.25, -0.2) is 0 Å². The van der Waals surface area contributed by atoms with Crippen molar-refractivity contribution in [3.8, 4) is 23.0 Å². The lowest BCUT2D eigenvalue weighted by Crippen LogP contribution is -2.27. The van der Waals surface area contributed by atoms with E-state index in [1.165, 1.54) is 0 Å². The van der Waals surface area contributed by atoms with Crippen LogP contribution in [0.2, 0.25) is 0 Å². The number of hydrogen-bond donors (Lipinski definition) is 1. The Morgan fingerprint density at radius 3 is 2.48 bits per heavy atom. The van der Waals surface area contributed by atoms with Gasteiger partial charge in [-0.1, -0.05) is 36.4 Å². The molecule has 1 aliphatic carbocycles. The lowest BCUT2D eigenvalue weighted by Gasteiger charge is -2.22. The molecule has 3 amide bonds. The fourth-order valence-corrected chi connectivity index (χ4v) is 5.74. The summed E-state index contributed by atoms with van der Waals surface area (Å²) in [4.78, 5) is 41.2. The van der Waals surface area contributed by atoms with Crippen molar-refractivity contribution in [2.45, 2.75) is 63.7 Å². The molecule has 3 fully saturated rings. The van der Waals surface area contributed by atoms with Crippen LogP contribution in [0.15, 0.2) is 77.2 Å². The molecule has 1 N–H and O–H groups in total. The van der Waals surface area contributed by atoms with E-state index in [-0.39, 0.29) is 29.8 Å². The van der Waals surface area contributed by atoms with E-state index < -0.39 is 0 Å². The fourth-order valence-electron chi connectivity index (χ4n) is 5.74. The van der Waals surface area contributed by atoms with Gasteiger partial charge < -0.3 is 24.3 Å². The largest absolute Gasteiger partial charge is 0.457 e. The summed E-state index contributed by atoms with van der Waals surface area (Å²) in [7, 11) is 0. The molecule has 1 unspecified atom stereocenters. The summed E-state index contributed by atoms with van der Waals surface area (Å²) >= 11 is 0. The molecular formula is C34H33N5O5. The zero-order valence-corrected chi connectivity index (χ0v) is 24.3. The van der Waals surface area contributed by atoms with E-state index in [0.29, 0.717) is 73.3 Å². The Hall–Kier alpha value is -4.99. The first-order chi connectivity index (χ1) is 21.5. The van der Waals surface area contributed by atoms with Gasteiger partial charge in [0.1, 0.15) is 17.5 Å². The smallest absolute Gasteiger partial charge is 0.251 e. The van der Waals surface area contributed by atoms with E-state index in [2.05, 4.69) is 15.5 Å². The van der Waals surface area contributed by atoms with E-state index in [1.54, 1.807) is 29.2 Å². The van der Waals surface area contributed by atoms with Crippen LogP contribution in [0.1, 0.15) is 71.9 Å². The van der Waals surface area contributed by atoms with Crippen molar-refractivity contribution in [2.75, 3.05) is 6.54 Å². The summed E-state index contributed by atoms with van der Waals surface area (Å²) < 4.78 is 12.5. The van der Waals surface area contributed by atoms with Crippen LogP contribution in [0, 0.1) is 0 Å². The van der Waals surface area contributed by atoms with E-state index >= 15 is 0 Å². The van der Waals surface area contributed by atoms with Crippen LogP contribution in [0.4, 0.5) is 0 Å². The first kappa shape index (κ1) is 27.8. The third-order valence-corrected chi connectivity index (χ3v) is 8.35. The normalized spacial score (nSPS) is 18.2. The standard InChI is InChI=1S/C34H33N5O5/c40-30-7-4-18-38(30)21-25-9-8-24(19-29(25)43-27-14-10-23(11-15-27)32(42)35-26-12-13-26)33-36-37-34(44-33)28-16-17-31(41)39(28)20-22-5-2-1-3-6-22/h1-3,5-6,8-11,14-15,19,26,28H,4,7,12-13,16-18,20-21H2,(H,35,42). The predicted octanol–water partition coefficient (Wildman–Crippen LogP) is 5.41. The average molecular weight is 592 g/mol. The number of ether oxygens (including phenoxy) is 1. The van der Waals surface area contributed by atoms with Crippen molar-refractivity contribution in [1.82, 2.24) is 25.3 Å². The maximum absolute atomic E-state index is 12.7. The number of amides is 3. The number of carbonyl (C=O) groups is 3. The Labute approximate surface area is 255 Å². The molecule has 0 bridgehead atoms. The van der Waals surface area contributed by atoms with Crippen molar-refractivity contribution < 1.29 is 23.5 Å². The summed E-state index contributed by atoms with van der Waals surface area (Å²) in [6.45, 7) is 1.60. The highest BCUT2D eigenvalue weighted by atomic mass is 16.5. The second-order valence-corrected chi connectivity index (χ2v) is 11.6. The molecule has 3 heterocycles. The molecule has 44 heavy (non-hydrogen) atoms. The molecule has 7 rings (SSSR count). The van der Waals surface area contributed by atoms with E-state index in [1.807, 2.05) is 53.4 Å². The zero-order chi connectivity index (χ0) is 30.0. The molecule has 3 aromatic carbocycles. The van der Waals surface area contributed by atoms with Crippen molar-refractivity contribution in [2.24, 2.45) is 0 Å². The van der Waals surface area contributed by atoms with Crippen LogP contribution in [0.25, 0.3) is 11.5 Å². The summed E-state index contributed by atoms with van der Waals surface area (Å²) in [6.07, 6.45) is 4.48. The molecule has 1 aromatic heterocycles. The van der Waals surface area contributed by atoms with Gasteiger partial charge in [0, 0.05) is 55.2 Å². The number of rotatable bonds is 10. The minimum atomic E-state index is -0.296. The second-order valence-electron chi connectivity index (χ2n) is 11.6. The second kappa shape index (κ2) is 11.9. The highest BCUT2D eigenvalue weighted by Crippen LogP contribution is 2.36.